The van der Waals surface area contributed by atoms with Crippen molar-refractivity contribution in [2.45, 2.75) is 12.6 Å². The van der Waals surface area contributed by atoms with E-state index in [2.05, 4.69) is 15.2 Å². The summed E-state index contributed by atoms with van der Waals surface area (Å²) >= 11 is 0. The van der Waals surface area contributed by atoms with Gasteiger partial charge < -0.3 is 15.2 Å². The predicted molar refractivity (Wildman–Crippen MR) is 86.2 cm³/mol. The Bertz CT molecular complexity index is 758. The number of ether oxygens (including phenoxy) is 2. The van der Waals surface area contributed by atoms with Gasteiger partial charge in [0.1, 0.15) is 18.1 Å². The van der Waals surface area contributed by atoms with Gasteiger partial charge in [-0.15, -0.1) is 0 Å². The lowest BCUT2D eigenvalue weighted by atomic mass is 10.1. The molecule has 1 heterocycles. The smallest absolute Gasteiger partial charge is 0.172 e. The summed E-state index contributed by atoms with van der Waals surface area (Å²) in [5, 5.41) is 7.04. The molecule has 0 saturated carbocycles. The number of nitrogens with zero attached hydrogens (tertiary/aromatic N) is 2. The highest BCUT2D eigenvalue weighted by Crippen LogP contribution is 2.21. The fourth-order valence-corrected chi connectivity index (χ4v) is 2.17. The van der Waals surface area contributed by atoms with Gasteiger partial charge in [-0.1, -0.05) is 30.3 Å². The zero-order valence-corrected chi connectivity index (χ0v) is 12.8. The molecule has 3 aromatic rings. The van der Waals surface area contributed by atoms with E-state index in [1.165, 1.54) is 0 Å². The third-order valence-corrected chi connectivity index (χ3v) is 3.40. The molecule has 0 spiro atoms. The van der Waals surface area contributed by atoms with Crippen molar-refractivity contribution in [3.05, 3.63) is 71.8 Å². The molecule has 6 nitrogen and oxygen atoms in total. The Kier molecular flexibility index (Phi) is 4.54. The largest absolute Gasteiger partial charge is 0.497 e. The van der Waals surface area contributed by atoms with Crippen molar-refractivity contribution in [1.82, 2.24) is 15.2 Å². The second kappa shape index (κ2) is 6.93. The van der Waals surface area contributed by atoms with Crippen molar-refractivity contribution in [1.29, 1.82) is 0 Å². The number of nitrogens with two attached hydrogens (primary N) is 1. The lowest BCUT2D eigenvalue weighted by Crippen LogP contribution is -2.13. The first kappa shape index (κ1) is 15.1. The highest BCUT2D eigenvalue weighted by molar-refractivity contribution is 5.32. The summed E-state index contributed by atoms with van der Waals surface area (Å²) in [6.07, 6.45) is 0. The molecule has 2 aromatic carbocycles. The summed E-state index contributed by atoms with van der Waals surface area (Å²) in [6.45, 7) is 0.307. The van der Waals surface area contributed by atoms with E-state index in [0.717, 1.165) is 17.1 Å². The Morgan fingerprint density at radius 1 is 1.09 bits per heavy atom. The van der Waals surface area contributed by atoms with Crippen LogP contribution in [0.15, 0.2) is 54.6 Å². The second-order valence-corrected chi connectivity index (χ2v) is 5.00. The molecule has 118 valence electrons. The molecule has 0 aliphatic carbocycles. The van der Waals surface area contributed by atoms with Gasteiger partial charge in [-0.05, 0) is 29.8 Å². The summed E-state index contributed by atoms with van der Waals surface area (Å²) in [7, 11) is 1.62. The number of methoxy groups -OCH3 is 1. The number of benzene rings is 2. The van der Waals surface area contributed by atoms with Gasteiger partial charge in [0.25, 0.3) is 0 Å². The predicted octanol–water partition coefficient (Wildman–Crippen LogP) is 2.44. The van der Waals surface area contributed by atoms with E-state index < -0.39 is 6.04 Å². The lowest BCUT2D eigenvalue weighted by molar-refractivity contribution is 0.296. The van der Waals surface area contributed by atoms with Gasteiger partial charge in [0.15, 0.2) is 11.6 Å². The first-order valence-corrected chi connectivity index (χ1v) is 7.25. The summed E-state index contributed by atoms with van der Waals surface area (Å²) < 4.78 is 10.8. The van der Waals surface area contributed by atoms with Crippen molar-refractivity contribution in [3.63, 3.8) is 0 Å². The molecule has 0 fully saturated rings. The van der Waals surface area contributed by atoms with Gasteiger partial charge in [0.2, 0.25) is 0 Å². The highest BCUT2D eigenvalue weighted by Gasteiger charge is 2.15. The first-order chi connectivity index (χ1) is 11.3. The molecule has 0 saturated heterocycles. The van der Waals surface area contributed by atoms with Crippen LogP contribution in [0.25, 0.3) is 0 Å². The Hall–Kier alpha value is -2.86. The summed E-state index contributed by atoms with van der Waals surface area (Å²) in [5.74, 6) is 2.68. The van der Waals surface area contributed by atoms with Gasteiger partial charge in [-0.3, -0.25) is 5.10 Å². The van der Waals surface area contributed by atoms with Gasteiger partial charge in [0.05, 0.1) is 13.2 Å². The molecule has 0 radical (unpaired) electrons. The Morgan fingerprint density at radius 2 is 1.87 bits per heavy atom. The fraction of sp³-hybridized carbons (Fsp3) is 0.176. The minimum Gasteiger partial charge on any atom is -0.497 e. The van der Waals surface area contributed by atoms with Crippen LogP contribution in [0.2, 0.25) is 0 Å². The van der Waals surface area contributed by atoms with Crippen molar-refractivity contribution >= 4 is 0 Å². The van der Waals surface area contributed by atoms with E-state index in [-0.39, 0.29) is 0 Å². The number of nitrogens with one attached hydrogen (secondary N) is 1. The molecule has 1 aromatic heterocycles. The van der Waals surface area contributed by atoms with Crippen molar-refractivity contribution < 1.29 is 9.47 Å². The zero-order valence-electron chi connectivity index (χ0n) is 12.8. The monoisotopic (exact) mass is 310 g/mol. The average Bonchev–Trinajstić information content (AvgIpc) is 3.09. The summed E-state index contributed by atoms with van der Waals surface area (Å²) in [5.41, 5.74) is 7.11. The molecule has 3 rings (SSSR count). The molecular formula is C17H18N4O2. The Labute approximate surface area is 134 Å². The first-order valence-electron chi connectivity index (χ1n) is 7.25. The van der Waals surface area contributed by atoms with E-state index in [0.29, 0.717) is 18.3 Å². The van der Waals surface area contributed by atoms with Crippen LogP contribution in [0.4, 0.5) is 0 Å². The van der Waals surface area contributed by atoms with Gasteiger partial charge >= 0.3 is 0 Å². The lowest BCUT2D eigenvalue weighted by Gasteiger charge is -2.09. The number of para-hydroxylation sites is 1. The third-order valence-electron chi connectivity index (χ3n) is 3.40. The molecule has 0 amide bonds. The summed E-state index contributed by atoms with van der Waals surface area (Å²) in [6, 6.07) is 16.7. The van der Waals surface area contributed by atoms with Crippen LogP contribution in [-0.4, -0.2) is 22.3 Å². The van der Waals surface area contributed by atoms with Crippen LogP contribution in [0, 0.1) is 0 Å². The van der Waals surface area contributed by atoms with E-state index in [1.807, 2.05) is 54.6 Å². The number of H-pyrrole nitrogens is 1. The van der Waals surface area contributed by atoms with Crippen LogP contribution < -0.4 is 15.2 Å². The van der Waals surface area contributed by atoms with Crippen LogP contribution in [0.5, 0.6) is 11.5 Å². The Morgan fingerprint density at radius 3 is 2.65 bits per heavy atom. The van der Waals surface area contributed by atoms with E-state index in [4.69, 9.17) is 15.2 Å². The maximum Gasteiger partial charge on any atom is 0.172 e. The van der Waals surface area contributed by atoms with Gasteiger partial charge in [-0.2, -0.15) is 5.10 Å². The molecule has 3 N–H and O–H groups in total. The normalized spacial score (nSPS) is 11.9. The maximum absolute atomic E-state index is 6.22. The van der Waals surface area contributed by atoms with Crippen molar-refractivity contribution in [2.24, 2.45) is 5.73 Å². The molecule has 6 heteroatoms. The van der Waals surface area contributed by atoms with Crippen molar-refractivity contribution in [2.75, 3.05) is 7.11 Å². The molecule has 0 unspecified atom stereocenters. The number of rotatable bonds is 6. The Balaban J connectivity index is 1.68. The SMILES string of the molecule is COc1cccc([C@@H](N)c2n[nH]c(COc3ccccc3)n2)c1. The molecule has 23 heavy (non-hydrogen) atoms. The standard InChI is InChI=1S/C17H18N4O2/c1-22-14-9-5-6-12(10-14)16(18)17-19-15(20-21-17)11-23-13-7-3-2-4-8-13/h2-10,16H,11,18H2,1H3,(H,19,20,21)/t16-/m1/s1. The zero-order chi connectivity index (χ0) is 16.1. The molecule has 0 aliphatic rings. The van der Waals surface area contributed by atoms with Gasteiger partial charge in [-0.25, -0.2) is 4.98 Å². The maximum atomic E-state index is 6.22. The van der Waals surface area contributed by atoms with Crippen LogP contribution in [0.3, 0.4) is 0 Å². The molecular weight excluding hydrogens is 292 g/mol. The van der Waals surface area contributed by atoms with E-state index >= 15 is 0 Å². The molecule has 0 bridgehead atoms. The molecule has 1 atom stereocenters. The quantitative estimate of drug-likeness (QED) is 0.730. The van der Waals surface area contributed by atoms with Crippen LogP contribution >= 0.6 is 0 Å². The van der Waals surface area contributed by atoms with E-state index in [1.54, 1.807) is 7.11 Å². The fourth-order valence-electron chi connectivity index (χ4n) is 2.17. The highest BCUT2D eigenvalue weighted by atomic mass is 16.5. The topological polar surface area (TPSA) is 86.0 Å². The van der Waals surface area contributed by atoms with Crippen LogP contribution in [0.1, 0.15) is 23.3 Å². The van der Waals surface area contributed by atoms with E-state index in [9.17, 15) is 0 Å². The average molecular weight is 310 g/mol. The number of hydrogen-bond acceptors (Lipinski definition) is 5. The van der Waals surface area contributed by atoms with Crippen molar-refractivity contribution in [3.8, 4) is 11.5 Å². The van der Waals surface area contributed by atoms with Crippen LogP contribution in [-0.2, 0) is 6.61 Å². The summed E-state index contributed by atoms with van der Waals surface area (Å²) in [4.78, 5) is 4.40. The van der Waals surface area contributed by atoms with Gasteiger partial charge in [0, 0.05) is 0 Å². The number of aromatic amines is 1. The molecule has 0 aliphatic heterocycles. The second-order valence-electron chi connectivity index (χ2n) is 5.00. The minimum atomic E-state index is -0.424. The third kappa shape index (κ3) is 3.67. The minimum absolute atomic E-state index is 0.307. The number of hydrogen-bond donors (Lipinski definition) is 2. The number of aromatic nitrogens is 3.